The van der Waals surface area contributed by atoms with Crippen LogP contribution in [0.15, 0.2) is 24.4 Å². The molecule has 7 nitrogen and oxygen atoms in total. The van der Waals surface area contributed by atoms with E-state index >= 15 is 0 Å². The molecule has 0 bridgehead atoms. The molecular weight excluding hydrogens is 394 g/mol. The average Bonchev–Trinajstić information content (AvgIpc) is 2.66. The third kappa shape index (κ3) is 6.47. The van der Waals surface area contributed by atoms with Gasteiger partial charge in [-0.2, -0.15) is 0 Å². The van der Waals surface area contributed by atoms with Gasteiger partial charge in [0, 0.05) is 28.9 Å². The van der Waals surface area contributed by atoms with Crippen molar-refractivity contribution in [1.82, 2.24) is 15.3 Å². The van der Waals surface area contributed by atoms with Crippen LogP contribution in [0.4, 0.5) is 14.6 Å². The van der Waals surface area contributed by atoms with Crippen LogP contribution in [0.25, 0.3) is 0 Å². The van der Waals surface area contributed by atoms with Crippen molar-refractivity contribution in [3.63, 3.8) is 0 Å². The predicted octanol–water partition coefficient (Wildman–Crippen LogP) is 3.82. The van der Waals surface area contributed by atoms with Crippen LogP contribution in [-0.4, -0.2) is 34.8 Å². The molecule has 2 N–H and O–H groups in total. The summed E-state index contributed by atoms with van der Waals surface area (Å²) in [4.78, 5) is 32.9. The molecule has 0 fully saturated rings. The average molecular weight is 420 g/mol. The van der Waals surface area contributed by atoms with Crippen molar-refractivity contribution >= 4 is 17.6 Å². The largest absolute Gasteiger partial charge is 0.471 e. The van der Waals surface area contributed by atoms with Gasteiger partial charge in [-0.05, 0) is 44.5 Å². The molecule has 0 aliphatic carbocycles. The molecule has 0 aliphatic heterocycles. The highest BCUT2D eigenvalue weighted by molar-refractivity contribution is 5.97. The molecule has 2 amide bonds. The van der Waals surface area contributed by atoms with Crippen LogP contribution >= 0.6 is 0 Å². The molecule has 1 unspecified atom stereocenters. The lowest BCUT2D eigenvalue weighted by atomic mass is 10.1. The number of nitrogens with one attached hydrogen (secondary N) is 2. The Hall–Kier alpha value is -3.10. The second kappa shape index (κ2) is 10.1. The van der Waals surface area contributed by atoms with Gasteiger partial charge in [0.05, 0.1) is 6.04 Å². The fraction of sp³-hybridized carbons (Fsp3) is 0.429. The summed E-state index contributed by atoms with van der Waals surface area (Å²) in [7, 11) is 0. The lowest BCUT2D eigenvalue weighted by Gasteiger charge is -2.17. The molecule has 9 heteroatoms. The first kappa shape index (κ1) is 23.2. The van der Waals surface area contributed by atoms with Gasteiger partial charge in [0.1, 0.15) is 5.82 Å². The van der Waals surface area contributed by atoms with E-state index in [4.69, 9.17) is 4.74 Å². The fourth-order valence-corrected chi connectivity index (χ4v) is 2.61. The van der Waals surface area contributed by atoms with Crippen LogP contribution in [0.2, 0.25) is 0 Å². The van der Waals surface area contributed by atoms with E-state index in [9.17, 15) is 18.4 Å². The minimum atomic E-state index is -2.58. The number of amides is 2. The zero-order valence-electron chi connectivity index (χ0n) is 17.6. The van der Waals surface area contributed by atoms with E-state index < -0.39 is 19.1 Å². The summed E-state index contributed by atoms with van der Waals surface area (Å²) in [5, 5.41) is 5.55. The second-order valence-electron chi connectivity index (χ2n) is 7.31. The van der Waals surface area contributed by atoms with Crippen LogP contribution in [0.5, 0.6) is 5.88 Å². The maximum Gasteiger partial charge on any atom is 0.272 e. The lowest BCUT2D eigenvalue weighted by Crippen LogP contribution is -2.27. The predicted molar refractivity (Wildman–Crippen MR) is 109 cm³/mol. The number of alkyl halides is 2. The van der Waals surface area contributed by atoms with Crippen molar-refractivity contribution < 1.29 is 23.1 Å². The summed E-state index contributed by atoms with van der Waals surface area (Å²) in [5.41, 5.74) is 2.24. The zero-order valence-corrected chi connectivity index (χ0v) is 17.6. The number of aromatic nitrogens is 2. The fourth-order valence-electron chi connectivity index (χ4n) is 2.61. The molecule has 0 aliphatic rings. The maximum atomic E-state index is 12.7. The molecule has 30 heavy (non-hydrogen) atoms. The first-order valence-corrected chi connectivity index (χ1v) is 9.54. The van der Waals surface area contributed by atoms with Crippen LogP contribution in [0, 0.1) is 19.8 Å². The van der Waals surface area contributed by atoms with Crippen LogP contribution < -0.4 is 15.4 Å². The Balaban J connectivity index is 2.11. The number of pyridine rings is 2. The molecular formula is C21H26F2N4O3. The molecule has 1 atom stereocenters. The lowest BCUT2D eigenvalue weighted by molar-refractivity contribution is -0.118. The standard InChI is InChI=1S/C21H26F2N4O3/c1-11(2)19(28)27-18-8-15(7-13(4)25-18)20(29)26-14(5)16-6-12(3)21(24-9-16)30-10-17(22)23/h6-9,11,14,17H,10H2,1-5H3,(H,26,29)(H,25,27,28). The van der Waals surface area contributed by atoms with Crippen molar-refractivity contribution in [2.45, 2.75) is 47.1 Å². The molecule has 0 radical (unpaired) electrons. The van der Waals surface area contributed by atoms with E-state index in [1.807, 2.05) is 0 Å². The second-order valence-corrected chi connectivity index (χ2v) is 7.31. The van der Waals surface area contributed by atoms with Crippen molar-refractivity contribution in [2.75, 3.05) is 11.9 Å². The Bertz CT molecular complexity index is 919. The van der Waals surface area contributed by atoms with Crippen molar-refractivity contribution in [3.8, 4) is 5.88 Å². The molecule has 0 aromatic carbocycles. The normalized spacial score (nSPS) is 12.0. The molecule has 0 spiro atoms. The van der Waals surface area contributed by atoms with Gasteiger partial charge in [-0.3, -0.25) is 9.59 Å². The first-order chi connectivity index (χ1) is 14.1. The van der Waals surface area contributed by atoms with Crippen LogP contribution in [0.3, 0.4) is 0 Å². The SMILES string of the molecule is Cc1cc(C(=O)NC(C)c2cnc(OCC(F)F)c(C)c2)cc(NC(=O)C(C)C)n1. The van der Waals surface area contributed by atoms with Gasteiger partial charge in [0.2, 0.25) is 11.8 Å². The van der Waals surface area contributed by atoms with Crippen LogP contribution in [-0.2, 0) is 4.79 Å². The summed E-state index contributed by atoms with van der Waals surface area (Å²) in [5.74, 6) is -0.308. The third-order valence-corrected chi connectivity index (χ3v) is 4.24. The number of nitrogens with zero attached hydrogens (tertiary/aromatic N) is 2. The number of carbonyl (C=O) groups excluding carboxylic acids is 2. The van der Waals surface area contributed by atoms with Gasteiger partial charge >= 0.3 is 0 Å². The topological polar surface area (TPSA) is 93.2 Å². The Morgan fingerprint density at radius 2 is 1.83 bits per heavy atom. The van der Waals surface area contributed by atoms with Crippen molar-refractivity contribution in [1.29, 1.82) is 0 Å². The Labute approximate surface area is 174 Å². The Morgan fingerprint density at radius 1 is 1.13 bits per heavy atom. The summed E-state index contributed by atoms with van der Waals surface area (Å²) < 4.78 is 29.6. The first-order valence-electron chi connectivity index (χ1n) is 9.54. The monoisotopic (exact) mass is 420 g/mol. The summed E-state index contributed by atoms with van der Waals surface area (Å²) in [6.45, 7) is 8.01. The number of hydrogen-bond donors (Lipinski definition) is 2. The molecule has 0 saturated heterocycles. The van der Waals surface area contributed by atoms with E-state index in [1.165, 1.54) is 12.3 Å². The van der Waals surface area contributed by atoms with Gasteiger partial charge < -0.3 is 15.4 Å². The van der Waals surface area contributed by atoms with Crippen LogP contribution in [0.1, 0.15) is 54.0 Å². The summed E-state index contributed by atoms with van der Waals surface area (Å²) in [6, 6.07) is 4.47. The van der Waals surface area contributed by atoms with E-state index in [-0.39, 0.29) is 23.6 Å². The van der Waals surface area contributed by atoms with Gasteiger partial charge in [-0.15, -0.1) is 0 Å². The molecule has 2 heterocycles. The highest BCUT2D eigenvalue weighted by atomic mass is 19.3. The van der Waals surface area contributed by atoms with Gasteiger partial charge in [0.25, 0.3) is 12.3 Å². The van der Waals surface area contributed by atoms with E-state index in [1.54, 1.807) is 46.8 Å². The smallest absolute Gasteiger partial charge is 0.272 e. The van der Waals surface area contributed by atoms with E-state index in [0.29, 0.717) is 28.2 Å². The third-order valence-electron chi connectivity index (χ3n) is 4.24. The molecule has 2 rings (SSSR count). The Morgan fingerprint density at radius 3 is 2.43 bits per heavy atom. The van der Waals surface area contributed by atoms with E-state index in [2.05, 4.69) is 20.6 Å². The number of hydrogen-bond acceptors (Lipinski definition) is 5. The molecule has 0 saturated carbocycles. The summed E-state index contributed by atoms with van der Waals surface area (Å²) in [6.07, 6.45) is -1.10. The van der Waals surface area contributed by atoms with Crippen molar-refractivity contribution in [3.05, 3.63) is 46.8 Å². The quantitative estimate of drug-likeness (QED) is 0.677. The van der Waals surface area contributed by atoms with Crippen molar-refractivity contribution in [2.24, 2.45) is 5.92 Å². The highest BCUT2D eigenvalue weighted by Crippen LogP contribution is 2.21. The number of ether oxygens (including phenoxy) is 1. The van der Waals surface area contributed by atoms with Gasteiger partial charge in [0.15, 0.2) is 6.61 Å². The number of carbonyl (C=O) groups is 2. The number of aryl methyl sites for hydroxylation is 2. The minimum Gasteiger partial charge on any atom is -0.471 e. The number of rotatable bonds is 8. The zero-order chi connectivity index (χ0) is 22.4. The molecule has 2 aromatic heterocycles. The van der Waals surface area contributed by atoms with Gasteiger partial charge in [-0.25, -0.2) is 18.7 Å². The number of halogens is 2. The van der Waals surface area contributed by atoms with E-state index in [0.717, 1.165) is 0 Å². The maximum absolute atomic E-state index is 12.7. The van der Waals surface area contributed by atoms with Gasteiger partial charge in [-0.1, -0.05) is 13.8 Å². The summed E-state index contributed by atoms with van der Waals surface area (Å²) >= 11 is 0. The minimum absolute atomic E-state index is 0.132. The highest BCUT2D eigenvalue weighted by Gasteiger charge is 2.16. The molecule has 2 aromatic rings. The Kier molecular flexibility index (Phi) is 7.79. The number of anilines is 1. The molecule has 162 valence electrons.